The van der Waals surface area contributed by atoms with Crippen LogP contribution in [0.1, 0.15) is 24.8 Å². The van der Waals surface area contributed by atoms with E-state index in [4.69, 9.17) is 11.6 Å². The van der Waals surface area contributed by atoms with Crippen LogP contribution in [0.15, 0.2) is 30.4 Å². The molecule has 0 spiro atoms. The topological polar surface area (TPSA) is 32.3 Å². The minimum atomic E-state index is 0.144. The van der Waals surface area contributed by atoms with Gasteiger partial charge in [-0.2, -0.15) is 0 Å². The summed E-state index contributed by atoms with van der Waals surface area (Å²) in [7, 11) is 0. The molecule has 0 heterocycles. The van der Waals surface area contributed by atoms with E-state index in [0.717, 1.165) is 24.9 Å². The quantitative estimate of drug-likeness (QED) is 0.791. The van der Waals surface area contributed by atoms with E-state index in [2.05, 4.69) is 17.5 Å². The largest absolute Gasteiger partial charge is 0.506 e. The Morgan fingerprint density at radius 1 is 1.38 bits per heavy atom. The Morgan fingerprint density at radius 3 is 2.94 bits per heavy atom. The molecule has 86 valence electrons. The van der Waals surface area contributed by atoms with Crippen LogP contribution >= 0.6 is 11.6 Å². The van der Waals surface area contributed by atoms with Gasteiger partial charge in [0, 0.05) is 12.6 Å². The third-order valence-corrected chi connectivity index (χ3v) is 3.18. The lowest BCUT2D eigenvalue weighted by atomic mass is 10.0. The van der Waals surface area contributed by atoms with Crippen LogP contribution in [0.4, 0.5) is 0 Å². The van der Waals surface area contributed by atoms with E-state index in [9.17, 15) is 5.11 Å². The van der Waals surface area contributed by atoms with Crippen molar-refractivity contribution in [3.05, 3.63) is 40.9 Å². The van der Waals surface area contributed by atoms with Gasteiger partial charge in [-0.05, 0) is 37.0 Å². The molecule has 1 unspecified atom stereocenters. The maximum absolute atomic E-state index is 9.30. The number of nitrogens with one attached hydrogen (secondary N) is 1. The van der Waals surface area contributed by atoms with Crippen LogP contribution in [0.25, 0.3) is 0 Å². The number of hydrogen-bond donors (Lipinski definition) is 2. The molecule has 16 heavy (non-hydrogen) atoms. The summed E-state index contributed by atoms with van der Waals surface area (Å²) in [6.07, 6.45) is 7.92. The van der Waals surface area contributed by atoms with Gasteiger partial charge in [0.1, 0.15) is 5.75 Å². The van der Waals surface area contributed by atoms with E-state index in [-0.39, 0.29) is 5.75 Å². The molecule has 0 aromatic heterocycles. The number of phenols is 1. The number of hydrogen-bond acceptors (Lipinski definition) is 2. The second kappa shape index (κ2) is 5.37. The summed E-state index contributed by atoms with van der Waals surface area (Å²) >= 11 is 5.85. The molecule has 0 radical (unpaired) electrons. The van der Waals surface area contributed by atoms with Crippen LogP contribution in [0.3, 0.4) is 0 Å². The molecule has 0 aliphatic heterocycles. The van der Waals surface area contributed by atoms with Gasteiger partial charge >= 0.3 is 0 Å². The van der Waals surface area contributed by atoms with Crippen LogP contribution in [-0.2, 0) is 6.54 Å². The maximum atomic E-state index is 9.30. The van der Waals surface area contributed by atoms with Crippen LogP contribution < -0.4 is 5.32 Å². The lowest BCUT2D eigenvalue weighted by molar-refractivity contribution is 0.469. The summed E-state index contributed by atoms with van der Waals surface area (Å²) in [5.74, 6) is 0.144. The molecule has 1 aromatic carbocycles. The van der Waals surface area contributed by atoms with Crippen LogP contribution in [0.5, 0.6) is 5.75 Å². The van der Waals surface area contributed by atoms with E-state index in [1.807, 2.05) is 12.1 Å². The monoisotopic (exact) mass is 237 g/mol. The van der Waals surface area contributed by atoms with Gasteiger partial charge in [-0.25, -0.2) is 0 Å². The Hall–Kier alpha value is -0.990. The van der Waals surface area contributed by atoms with Crippen LogP contribution in [0.2, 0.25) is 5.02 Å². The zero-order chi connectivity index (χ0) is 11.4. The van der Waals surface area contributed by atoms with Crippen molar-refractivity contribution in [2.24, 2.45) is 0 Å². The standard InChI is InChI=1S/C13H16ClNO/c14-12-8-10(6-7-13(12)16)9-15-11-4-2-1-3-5-11/h1-2,6-8,11,15-16H,3-5,9H2. The second-order valence-electron chi connectivity index (χ2n) is 4.15. The fourth-order valence-electron chi connectivity index (χ4n) is 1.90. The first-order valence-corrected chi connectivity index (χ1v) is 5.99. The Bertz CT molecular complexity index is 390. The third kappa shape index (κ3) is 3.00. The molecule has 1 aliphatic rings. The normalized spacial score (nSPS) is 19.9. The van der Waals surface area contributed by atoms with Gasteiger partial charge in [0.25, 0.3) is 0 Å². The van der Waals surface area contributed by atoms with Gasteiger partial charge < -0.3 is 10.4 Å². The maximum Gasteiger partial charge on any atom is 0.134 e. The highest BCUT2D eigenvalue weighted by Gasteiger charge is 2.09. The molecule has 0 amide bonds. The number of rotatable bonds is 3. The molecule has 0 saturated heterocycles. The van der Waals surface area contributed by atoms with E-state index in [1.54, 1.807) is 6.07 Å². The minimum Gasteiger partial charge on any atom is -0.506 e. The van der Waals surface area contributed by atoms with E-state index < -0.39 is 0 Å². The van der Waals surface area contributed by atoms with Gasteiger partial charge in [0.2, 0.25) is 0 Å². The van der Waals surface area contributed by atoms with Gasteiger partial charge in [-0.15, -0.1) is 0 Å². The van der Waals surface area contributed by atoms with Crippen molar-refractivity contribution in [2.75, 3.05) is 0 Å². The zero-order valence-electron chi connectivity index (χ0n) is 9.12. The first-order chi connectivity index (χ1) is 7.75. The van der Waals surface area contributed by atoms with Crippen molar-refractivity contribution in [3.8, 4) is 5.75 Å². The highest BCUT2D eigenvalue weighted by atomic mass is 35.5. The predicted molar refractivity (Wildman–Crippen MR) is 66.7 cm³/mol. The molecule has 1 atom stereocenters. The predicted octanol–water partition coefficient (Wildman–Crippen LogP) is 3.24. The lowest BCUT2D eigenvalue weighted by Gasteiger charge is -2.19. The number of aromatic hydroxyl groups is 1. The number of phenolic OH excluding ortho intramolecular Hbond substituents is 1. The third-order valence-electron chi connectivity index (χ3n) is 2.88. The van der Waals surface area contributed by atoms with Gasteiger partial charge in [0.05, 0.1) is 5.02 Å². The number of halogens is 1. The van der Waals surface area contributed by atoms with Crippen LogP contribution in [0, 0.1) is 0 Å². The minimum absolute atomic E-state index is 0.144. The van der Waals surface area contributed by atoms with Crippen molar-refractivity contribution < 1.29 is 5.11 Å². The molecule has 1 aliphatic carbocycles. The number of allylic oxidation sites excluding steroid dienone is 1. The zero-order valence-corrected chi connectivity index (χ0v) is 9.87. The van der Waals surface area contributed by atoms with Crippen molar-refractivity contribution in [3.63, 3.8) is 0 Å². The Labute approximate surface area is 101 Å². The summed E-state index contributed by atoms with van der Waals surface area (Å²) in [6.45, 7) is 0.804. The van der Waals surface area contributed by atoms with Crippen molar-refractivity contribution in [1.29, 1.82) is 0 Å². The Kier molecular flexibility index (Phi) is 3.86. The van der Waals surface area contributed by atoms with E-state index >= 15 is 0 Å². The summed E-state index contributed by atoms with van der Waals surface area (Å²) < 4.78 is 0. The Morgan fingerprint density at radius 2 is 2.25 bits per heavy atom. The fourth-order valence-corrected chi connectivity index (χ4v) is 2.10. The Balaban J connectivity index is 1.89. The highest BCUT2D eigenvalue weighted by molar-refractivity contribution is 6.32. The number of benzene rings is 1. The van der Waals surface area contributed by atoms with Crippen molar-refractivity contribution in [1.82, 2.24) is 5.32 Å². The van der Waals surface area contributed by atoms with E-state index in [0.29, 0.717) is 11.1 Å². The molecular weight excluding hydrogens is 222 g/mol. The summed E-state index contributed by atoms with van der Waals surface area (Å²) in [5.41, 5.74) is 1.11. The smallest absolute Gasteiger partial charge is 0.134 e. The van der Waals surface area contributed by atoms with Crippen molar-refractivity contribution in [2.45, 2.75) is 31.8 Å². The first kappa shape index (κ1) is 11.5. The molecule has 0 bridgehead atoms. The molecule has 2 rings (SSSR count). The van der Waals surface area contributed by atoms with Gasteiger partial charge in [-0.1, -0.05) is 29.8 Å². The second-order valence-corrected chi connectivity index (χ2v) is 4.56. The van der Waals surface area contributed by atoms with Crippen molar-refractivity contribution >= 4 is 11.6 Å². The lowest BCUT2D eigenvalue weighted by Crippen LogP contribution is -2.29. The molecular formula is C13H16ClNO. The molecule has 2 N–H and O–H groups in total. The first-order valence-electron chi connectivity index (χ1n) is 5.61. The SMILES string of the molecule is Oc1ccc(CNC2CC=CCC2)cc1Cl. The van der Waals surface area contributed by atoms with Gasteiger partial charge in [-0.3, -0.25) is 0 Å². The average molecular weight is 238 g/mol. The molecule has 2 nitrogen and oxygen atoms in total. The molecule has 0 fully saturated rings. The summed E-state index contributed by atoms with van der Waals surface area (Å²) in [6, 6.07) is 5.91. The fraction of sp³-hybridized carbons (Fsp3) is 0.385. The summed E-state index contributed by atoms with van der Waals surface area (Å²) in [4.78, 5) is 0. The summed E-state index contributed by atoms with van der Waals surface area (Å²) in [5, 5.41) is 13.2. The van der Waals surface area contributed by atoms with Gasteiger partial charge in [0.15, 0.2) is 0 Å². The van der Waals surface area contributed by atoms with Crippen LogP contribution in [-0.4, -0.2) is 11.1 Å². The molecule has 3 heteroatoms. The average Bonchev–Trinajstić information content (AvgIpc) is 2.32. The molecule has 1 aromatic rings. The van der Waals surface area contributed by atoms with E-state index in [1.165, 1.54) is 6.42 Å². The highest BCUT2D eigenvalue weighted by Crippen LogP contribution is 2.23. The molecule has 0 saturated carbocycles.